The summed E-state index contributed by atoms with van der Waals surface area (Å²) < 4.78 is 3.59. The van der Waals surface area contributed by atoms with Crippen molar-refractivity contribution in [3.8, 4) is 11.4 Å². The zero-order valence-electron chi connectivity index (χ0n) is 12.9. The van der Waals surface area contributed by atoms with E-state index in [1.807, 2.05) is 41.8 Å². The van der Waals surface area contributed by atoms with E-state index in [1.54, 1.807) is 24.7 Å². The van der Waals surface area contributed by atoms with Crippen LogP contribution < -0.4 is 5.56 Å². The summed E-state index contributed by atoms with van der Waals surface area (Å²) in [6, 6.07) is 9.60. The molecule has 0 aliphatic rings. The van der Waals surface area contributed by atoms with Crippen molar-refractivity contribution in [2.45, 2.75) is 19.9 Å². The third-order valence-electron chi connectivity index (χ3n) is 3.92. The molecule has 1 atom stereocenters. The Balaban J connectivity index is 2.33. The third kappa shape index (κ3) is 2.23. The maximum Gasteiger partial charge on any atom is 0.253 e. The Morgan fingerprint density at radius 3 is 2.73 bits per heavy atom. The van der Waals surface area contributed by atoms with Gasteiger partial charge in [0.2, 0.25) is 0 Å². The molecule has 1 N–H and O–H groups in total. The summed E-state index contributed by atoms with van der Waals surface area (Å²) in [5, 5.41) is 9.59. The van der Waals surface area contributed by atoms with Crippen LogP contribution in [0, 0.1) is 6.92 Å². The normalized spacial score (nSPS) is 12.7. The monoisotopic (exact) mass is 297 g/mol. The van der Waals surface area contributed by atoms with Gasteiger partial charge in [-0.1, -0.05) is 12.1 Å². The largest absolute Gasteiger partial charge is 0.394 e. The van der Waals surface area contributed by atoms with Gasteiger partial charge in [0, 0.05) is 24.4 Å². The summed E-state index contributed by atoms with van der Waals surface area (Å²) >= 11 is 0. The molecule has 0 saturated heterocycles. The smallest absolute Gasteiger partial charge is 0.253 e. The lowest BCUT2D eigenvalue weighted by Crippen LogP contribution is -2.19. The number of aromatic nitrogens is 3. The number of rotatable bonds is 3. The van der Waals surface area contributed by atoms with Crippen LogP contribution in [0.5, 0.6) is 0 Å². The molecule has 0 aliphatic carbocycles. The molecule has 22 heavy (non-hydrogen) atoms. The Morgan fingerprint density at radius 1 is 1.32 bits per heavy atom. The highest BCUT2D eigenvalue weighted by atomic mass is 16.3. The first-order chi connectivity index (χ1) is 10.5. The number of para-hydroxylation sites is 2. The Hall–Kier alpha value is -2.40. The Kier molecular flexibility index (Phi) is 3.58. The maximum atomic E-state index is 11.9. The number of benzene rings is 1. The van der Waals surface area contributed by atoms with E-state index in [1.165, 1.54) is 0 Å². The summed E-state index contributed by atoms with van der Waals surface area (Å²) in [6.45, 7) is 3.78. The first kappa shape index (κ1) is 14.5. The van der Waals surface area contributed by atoms with Crippen LogP contribution in [0.15, 0.2) is 41.3 Å². The number of fused-ring (bicyclic) bond motifs is 1. The summed E-state index contributed by atoms with van der Waals surface area (Å²) in [7, 11) is 1.74. The molecule has 5 heteroatoms. The quantitative estimate of drug-likeness (QED) is 0.806. The van der Waals surface area contributed by atoms with Crippen molar-refractivity contribution in [1.29, 1.82) is 0 Å². The number of aryl methyl sites for hydroxylation is 2. The van der Waals surface area contributed by atoms with E-state index in [0.717, 1.165) is 22.4 Å². The number of aliphatic hydroxyl groups excluding tert-OH is 1. The highest BCUT2D eigenvalue weighted by Gasteiger charge is 2.17. The molecule has 0 saturated carbocycles. The van der Waals surface area contributed by atoms with Gasteiger partial charge in [-0.05, 0) is 32.0 Å². The minimum Gasteiger partial charge on any atom is -0.394 e. The van der Waals surface area contributed by atoms with Crippen LogP contribution in [-0.2, 0) is 7.05 Å². The van der Waals surface area contributed by atoms with Gasteiger partial charge < -0.3 is 14.2 Å². The second kappa shape index (κ2) is 5.42. The molecule has 3 aromatic rings. The van der Waals surface area contributed by atoms with E-state index in [2.05, 4.69) is 0 Å². The average Bonchev–Trinajstić information content (AvgIpc) is 2.90. The molecule has 114 valence electrons. The maximum absolute atomic E-state index is 11.9. The lowest BCUT2D eigenvalue weighted by Gasteiger charge is -2.16. The van der Waals surface area contributed by atoms with Gasteiger partial charge in [0.15, 0.2) is 0 Å². The van der Waals surface area contributed by atoms with Gasteiger partial charge >= 0.3 is 0 Å². The summed E-state index contributed by atoms with van der Waals surface area (Å²) in [4.78, 5) is 16.6. The van der Waals surface area contributed by atoms with E-state index < -0.39 is 0 Å². The predicted octanol–water partition coefficient (Wildman–Crippen LogP) is 2.26. The minimum absolute atomic E-state index is 0.0124. The second-order valence-electron chi connectivity index (χ2n) is 5.65. The molecule has 0 spiro atoms. The number of hydrogen-bond acceptors (Lipinski definition) is 3. The topological polar surface area (TPSA) is 60.0 Å². The second-order valence-corrected chi connectivity index (χ2v) is 5.65. The molecule has 0 aliphatic heterocycles. The molecule has 0 amide bonds. The fraction of sp³-hybridized carbons (Fsp3) is 0.294. The van der Waals surface area contributed by atoms with E-state index >= 15 is 0 Å². The molecule has 0 bridgehead atoms. The van der Waals surface area contributed by atoms with Crippen LogP contribution in [-0.4, -0.2) is 25.8 Å². The Bertz CT molecular complexity index is 866. The molecule has 0 radical (unpaired) electrons. The molecule has 1 aromatic carbocycles. The van der Waals surface area contributed by atoms with E-state index in [4.69, 9.17) is 4.98 Å². The molecule has 3 rings (SSSR count). The number of aliphatic hydroxyl groups is 1. The fourth-order valence-corrected chi connectivity index (χ4v) is 2.78. The molecule has 0 unspecified atom stereocenters. The van der Waals surface area contributed by atoms with Crippen molar-refractivity contribution >= 4 is 11.0 Å². The van der Waals surface area contributed by atoms with Crippen LogP contribution in [0.4, 0.5) is 0 Å². The average molecular weight is 297 g/mol. The Morgan fingerprint density at radius 2 is 2.05 bits per heavy atom. The van der Waals surface area contributed by atoms with Crippen molar-refractivity contribution in [2.24, 2.45) is 7.05 Å². The first-order valence-electron chi connectivity index (χ1n) is 7.28. The van der Waals surface area contributed by atoms with Gasteiger partial charge in [-0.25, -0.2) is 4.98 Å². The van der Waals surface area contributed by atoms with Gasteiger partial charge in [-0.2, -0.15) is 0 Å². The molecule has 2 heterocycles. The zero-order valence-corrected chi connectivity index (χ0v) is 12.9. The molecule has 2 aromatic heterocycles. The lowest BCUT2D eigenvalue weighted by atomic mass is 10.2. The minimum atomic E-state index is -0.0973. The van der Waals surface area contributed by atoms with E-state index in [-0.39, 0.29) is 18.2 Å². The number of hydrogen-bond donors (Lipinski definition) is 1. The third-order valence-corrected chi connectivity index (χ3v) is 3.92. The number of imidazole rings is 1. The fourth-order valence-electron chi connectivity index (χ4n) is 2.78. The standard InChI is InChI=1S/C17H19N3O2/c1-11-8-13(9-19(3)17(11)22)16-18-14-6-4-5-7-15(14)20(16)12(2)10-21/h4-9,12,21H,10H2,1-3H3/t12-/m0/s1. The van der Waals surface area contributed by atoms with Crippen molar-refractivity contribution in [1.82, 2.24) is 14.1 Å². The highest BCUT2D eigenvalue weighted by molar-refractivity contribution is 5.80. The van der Waals surface area contributed by atoms with Crippen LogP contribution in [0.1, 0.15) is 18.5 Å². The summed E-state index contributed by atoms with van der Waals surface area (Å²) in [6.07, 6.45) is 1.79. The molecular weight excluding hydrogens is 278 g/mol. The van der Waals surface area contributed by atoms with Gasteiger partial charge in [-0.3, -0.25) is 4.79 Å². The molecular formula is C17H19N3O2. The predicted molar refractivity (Wildman–Crippen MR) is 86.9 cm³/mol. The van der Waals surface area contributed by atoms with Crippen molar-refractivity contribution in [3.63, 3.8) is 0 Å². The van der Waals surface area contributed by atoms with E-state index in [0.29, 0.717) is 5.56 Å². The number of nitrogens with zero attached hydrogens (tertiary/aromatic N) is 3. The van der Waals surface area contributed by atoms with Crippen molar-refractivity contribution in [2.75, 3.05) is 6.61 Å². The Labute approximate surface area is 128 Å². The molecule has 0 fully saturated rings. The van der Waals surface area contributed by atoms with Crippen molar-refractivity contribution in [3.05, 3.63) is 52.4 Å². The van der Waals surface area contributed by atoms with E-state index in [9.17, 15) is 9.90 Å². The molecule has 5 nitrogen and oxygen atoms in total. The van der Waals surface area contributed by atoms with Crippen LogP contribution >= 0.6 is 0 Å². The van der Waals surface area contributed by atoms with Gasteiger partial charge in [0.05, 0.1) is 23.7 Å². The summed E-state index contributed by atoms with van der Waals surface area (Å²) in [5.74, 6) is 0.765. The number of pyridine rings is 1. The van der Waals surface area contributed by atoms with Gasteiger partial charge in [0.1, 0.15) is 5.82 Å². The zero-order chi connectivity index (χ0) is 15.9. The summed E-state index contributed by atoms with van der Waals surface area (Å²) in [5.41, 5.74) is 3.39. The van der Waals surface area contributed by atoms with Crippen LogP contribution in [0.3, 0.4) is 0 Å². The van der Waals surface area contributed by atoms with Crippen LogP contribution in [0.25, 0.3) is 22.4 Å². The first-order valence-corrected chi connectivity index (χ1v) is 7.28. The van der Waals surface area contributed by atoms with Gasteiger partial charge in [0.25, 0.3) is 5.56 Å². The van der Waals surface area contributed by atoms with Crippen molar-refractivity contribution < 1.29 is 5.11 Å². The van der Waals surface area contributed by atoms with Gasteiger partial charge in [-0.15, -0.1) is 0 Å². The lowest BCUT2D eigenvalue weighted by molar-refractivity contribution is 0.242. The SMILES string of the molecule is Cc1cc(-c2nc3ccccc3n2[C@@H](C)CO)cn(C)c1=O. The van der Waals surface area contributed by atoms with Crippen LogP contribution in [0.2, 0.25) is 0 Å². The highest BCUT2D eigenvalue weighted by Crippen LogP contribution is 2.28.